The first-order valence-electron chi connectivity index (χ1n) is 7.34. The summed E-state index contributed by atoms with van der Waals surface area (Å²) in [6.45, 7) is 6.14. The van der Waals surface area contributed by atoms with Crippen LogP contribution in [0.5, 0.6) is 0 Å². The molecule has 2 aliphatic heterocycles. The Hall–Kier alpha value is -0.220. The highest BCUT2D eigenvalue weighted by molar-refractivity contribution is 7.99. The molecule has 3 atom stereocenters. The minimum absolute atomic E-state index is 0.0417. The van der Waals surface area contributed by atoms with Crippen LogP contribution in [0.25, 0.3) is 0 Å². The highest BCUT2D eigenvalue weighted by Crippen LogP contribution is 2.45. The molecule has 3 rings (SSSR count). The maximum atomic E-state index is 13.0. The van der Waals surface area contributed by atoms with Crippen LogP contribution in [0.15, 0.2) is 0 Å². The lowest BCUT2D eigenvalue weighted by Gasteiger charge is -2.42. The summed E-state index contributed by atoms with van der Waals surface area (Å²) in [6.07, 6.45) is 4.91. The predicted octanol–water partition coefficient (Wildman–Crippen LogP) is 1.73. The van der Waals surface area contributed by atoms with Crippen molar-refractivity contribution in [3.63, 3.8) is 0 Å². The Morgan fingerprint density at radius 3 is 3.17 bits per heavy atom. The van der Waals surface area contributed by atoms with Crippen molar-refractivity contribution < 1.29 is 4.79 Å². The Balaban J connectivity index is 1.77. The normalized spacial score (nSPS) is 40.6. The molecule has 1 saturated carbocycles. The van der Waals surface area contributed by atoms with E-state index in [4.69, 9.17) is 0 Å². The van der Waals surface area contributed by atoms with Crippen LogP contribution in [-0.2, 0) is 4.79 Å². The molecular weight excluding hydrogens is 244 g/mol. The molecule has 2 saturated heterocycles. The molecule has 3 fully saturated rings. The Morgan fingerprint density at radius 2 is 2.33 bits per heavy atom. The van der Waals surface area contributed by atoms with Gasteiger partial charge in [-0.2, -0.15) is 11.8 Å². The summed E-state index contributed by atoms with van der Waals surface area (Å²) >= 11 is 2.00. The molecule has 3 aliphatic rings. The number of hydrogen-bond donors (Lipinski definition) is 1. The van der Waals surface area contributed by atoms with Crippen LogP contribution < -0.4 is 5.32 Å². The summed E-state index contributed by atoms with van der Waals surface area (Å²) in [5.41, 5.74) is -0.0417. The number of hydrogen-bond acceptors (Lipinski definition) is 3. The second-order valence-corrected chi connectivity index (χ2v) is 7.71. The van der Waals surface area contributed by atoms with Crippen molar-refractivity contribution in [3.8, 4) is 0 Å². The molecule has 0 bridgehead atoms. The first-order valence-corrected chi connectivity index (χ1v) is 8.39. The fourth-order valence-electron chi connectivity index (χ4n) is 3.99. The van der Waals surface area contributed by atoms with Gasteiger partial charge in [0.25, 0.3) is 0 Å². The lowest BCUT2D eigenvalue weighted by molar-refractivity contribution is -0.145. The first kappa shape index (κ1) is 12.8. The van der Waals surface area contributed by atoms with Gasteiger partial charge in [-0.05, 0) is 25.3 Å². The average molecular weight is 268 g/mol. The Labute approximate surface area is 114 Å². The Kier molecular flexibility index (Phi) is 3.59. The Morgan fingerprint density at radius 1 is 1.44 bits per heavy atom. The maximum absolute atomic E-state index is 13.0. The SMILES string of the molecule is CC1CN(C(=O)[C@@]23CCCC[C@H]2CNC3)CCS1. The molecule has 1 aliphatic carbocycles. The van der Waals surface area contributed by atoms with Crippen molar-refractivity contribution in [1.82, 2.24) is 10.2 Å². The molecule has 0 spiro atoms. The Bertz CT molecular complexity index is 336. The minimum Gasteiger partial charge on any atom is -0.340 e. The van der Waals surface area contributed by atoms with Gasteiger partial charge in [0.2, 0.25) is 5.91 Å². The smallest absolute Gasteiger partial charge is 0.230 e. The van der Waals surface area contributed by atoms with Gasteiger partial charge in [0.05, 0.1) is 5.41 Å². The molecule has 2 heterocycles. The molecular formula is C14H24N2OS. The topological polar surface area (TPSA) is 32.3 Å². The third-order valence-corrected chi connectivity index (χ3v) is 6.13. The number of nitrogens with zero attached hydrogens (tertiary/aromatic N) is 1. The number of rotatable bonds is 1. The van der Waals surface area contributed by atoms with Crippen LogP contribution in [0, 0.1) is 11.3 Å². The van der Waals surface area contributed by atoms with Crippen molar-refractivity contribution in [1.29, 1.82) is 0 Å². The number of thioether (sulfide) groups is 1. The van der Waals surface area contributed by atoms with Gasteiger partial charge in [0.1, 0.15) is 0 Å². The van der Waals surface area contributed by atoms with Crippen LogP contribution in [-0.4, -0.2) is 48.0 Å². The van der Waals surface area contributed by atoms with Crippen molar-refractivity contribution in [2.75, 3.05) is 31.9 Å². The van der Waals surface area contributed by atoms with E-state index >= 15 is 0 Å². The molecule has 4 heteroatoms. The molecule has 18 heavy (non-hydrogen) atoms. The number of carbonyl (C=O) groups excluding carboxylic acids is 1. The van der Waals surface area contributed by atoms with Crippen molar-refractivity contribution in [2.45, 2.75) is 37.9 Å². The van der Waals surface area contributed by atoms with Crippen LogP contribution in [0.2, 0.25) is 0 Å². The average Bonchev–Trinajstić information content (AvgIpc) is 2.82. The fraction of sp³-hybridized carbons (Fsp3) is 0.929. The second kappa shape index (κ2) is 5.04. The van der Waals surface area contributed by atoms with E-state index < -0.39 is 0 Å². The summed E-state index contributed by atoms with van der Waals surface area (Å²) in [5, 5.41) is 4.09. The van der Waals surface area contributed by atoms with Crippen molar-refractivity contribution >= 4 is 17.7 Å². The van der Waals surface area contributed by atoms with Gasteiger partial charge in [-0.3, -0.25) is 4.79 Å². The van der Waals surface area contributed by atoms with Gasteiger partial charge in [0.15, 0.2) is 0 Å². The number of carbonyl (C=O) groups is 1. The quantitative estimate of drug-likeness (QED) is 0.786. The van der Waals surface area contributed by atoms with Gasteiger partial charge >= 0.3 is 0 Å². The van der Waals surface area contributed by atoms with Crippen LogP contribution >= 0.6 is 11.8 Å². The van der Waals surface area contributed by atoms with E-state index in [1.54, 1.807) is 0 Å². The van der Waals surface area contributed by atoms with E-state index in [0.717, 1.165) is 38.4 Å². The number of amides is 1. The predicted molar refractivity (Wildman–Crippen MR) is 75.8 cm³/mol. The highest BCUT2D eigenvalue weighted by atomic mass is 32.2. The zero-order valence-corrected chi connectivity index (χ0v) is 12.1. The van der Waals surface area contributed by atoms with Crippen molar-refractivity contribution in [2.24, 2.45) is 11.3 Å². The minimum atomic E-state index is -0.0417. The lowest BCUT2D eigenvalue weighted by atomic mass is 9.67. The number of fused-ring (bicyclic) bond motifs is 1. The summed E-state index contributed by atoms with van der Waals surface area (Å²) < 4.78 is 0. The zero-order valence-electron chi connectivity index (χ0n) is 11.3. The molecule has 0 aromatic rings. The van der Waals surface area contributed by atoms with Crippen LogP contribution in [0.4, 0.5) is 0 Å². The lowest BCUT2D eigenvalue weighted by Crippen LogP contribution is -2.53. The highest BCUT2D eigenvalue weighted by Gasteiger charge is 2.51. The summed E-state index contributed by atoms with van der Waals surface area (Å²) in [7, 11) is 0. The largest absolute Gasteiger partial charge is 0.340 e. The zero-order chi connectivity index (χ0) is 12.6. The van der Waals surface area contributed by atoms with Crippen LogP contribution in [0.3, 0.4) is 0 Å². The molecule has 1 unspecified atom stereocenters. The van der Waals surface area contributed by atoms with Crippen molar-refractivity contribution in [3.05, 3.63) is 0 Å². The molecule has 1 amide bonds. The maximum Gasteiger partial charge on any atom is 0.230 e. The van der Waals surface area contributed by atoms with Gasteiger partial charge in [-0.15, -0.1) is 0 Å². The van der Waals surface area contributed by atoms with Gasteiger partial charge in [-0.1, -0.05) is 19.8 Å². The van der Waals surface area contributed by atoms with Gasteiger partial charge in [0, 0.05) is 30.6 Å². The molecule has 102 valence electrons. The number of nitrogens with one attached hydrogen (secondary N) is 1. The molecule has 0 aromatic heterocycles. The van der Waals surface area contributed by atoms with E-state index in [9.17, 15) is 4.79 Å². The summed E-state index contributed by atoms with van der Waals surface area (Å²) in [4.78, 5) is 15.1. The third kappa shape index (κ3) is 2.07. The van der Waals surface area contributed by atoms with E-state index in [1.807, 2.05) is 11.8 Å². The van der Waals surface area contributed by atoms with E-state index in [1.165, 1.54) is 19.3 Å². The third-order valence-electron chi connectivity index (χ3n) is 4.99. The monoisotopic (exact) mass is 268 g/mol. The molecule has 0 aromatic carbocycles. The van der Waals surface area contributed by atoms with E-state index in [2.05, 4.69) is 17.1 Å². The van der Waals surface area contributed by atoms with E-state index in [0.29, 0.717) is 17.1 Å². The fourth-order valence-corrected chi connectivity index (χ4v) is 5.00. The molecule has 0 radical (unpaired) electrons. The first-order chi connectivity index (χ1) is 8.72. The van der Waals surface area contributed by atoms with Gasteiger partial charge in [-0.25, -0.2) is 0 Å². The molecule has 1 N–H and O–H groups in total. The van der Waals surface area contributed by atoms with E-state index in [-0.39, 0.29) is 5.41 Å². The van der Waals surface area contributed by atoms with Gasteiger partial charge < -0.3 is 10.2 Å². The summed E-state index contributed by atoms with van der Waals surface area (Å²) in [6, 6.07) is 0. The standard InChI is InChI=1S/C14H24N2OS/c1-11-9-16(6-7-18-11)13(17)14-5-3-2-4-12(14)8-15-10-14/h11-12,15H,2-10H2,1H3/t11?,12-,14+/m0/s1. The molecule has 3 nitrogen and oxygen atoms in total. The van der Waals surface area contributed by atoms with Crippen LogP contribution in [0.1, 0.15) is 32.6 Å². The second-order valence-electron chi connectivity index (χ2n) is 6.16. The summed E-state index contributed by atoms with van der Waals surface area (Å²) in [5.74, 6) is 2.18.